The van der Waals surface area contributed by atoms with Crippen molar-refractivity contribution in [2.75, 3.05) is 6.61 Å². The summed E-state index contributed by atoms with van der Waals surface area (Å²) < 4.78 is 5.40. The van der Waals surface area contributed by atoms with Crippen molar-refractivity contribution < 1.29 is 14.6 Å². The van der Waals surface area contributed by atoms with Crippen LogP contribution in [0.2, 0.25) is 0 Å². The van der Waals surface area contributed by atoms with Crippen LogP contribution in [-0.4, -0.2) is 17.7 Å². The largest absolute Gasteiger partial charge is 0.507 e. The van der Waals surface area contributed by atoms with Crippen LogP contribution in [0.3, 0.4) is 0 Å². The van der Waals surface area contributed by atoms with E-state index in [0.29, 0.717) is 12.4 Å². The van der Waals surface area contributed by atoms with E-state index in [4.69, 9.17) is 4.74 Å². The smallest absolute Gasteiger partial charge is 0.330 e. The molecule has 2 aromatic rings. The standard InChI is InChI=1S/C27H36O3/c1-19(15-16-30-24(28)14-13-20-11-9-8-10-12-20)21-17-22(26(2,3)4)25(29)23(18-21)27(5,6)7/h8-14,17-19,29H,15-16H2,1-7H3/b14-13+. The lowest BCUT2D eigenvalue weighted by molar-refractivity contribution is -0.137. The monoisotopic (exact) mass is 408 g/mol. The minimum atomic E-state index is -0.331. The molecule has 2 rings (SSSR count). The zero-order valence-corrected chi connectivity index (χ0v) is 19.5. The number of carbonyl (C=O) groups excluding carboxylic acids is 1. The minimum absolute atomic E-state index is 0.158. The molecule has 0 fully saturated rings. The Kier molecular flexibility index (Phi) is 7.52. The molecule has 0 aliphatic rings. The average Bonchev–Trinajstić information content (AvgIpc) is 2.65. The summed E-state index contributed by atoms with van der Waals surface area (Å²) in [6.07, 6.45) is 3.95. The number of benzene rings is 2. The molecule has 0 bridgehead atoms. The van der Waals surface area contributed by atoms with Gasteiger partial charge in [0.2, 0.25) is 0 Å². The van der Waals surface area contributed by atoms with E-state index in [1.807, 2.05) is 30.3 Å². The van der Waals surface area contributed by atoms with Gasteiger partial charge in [0, 0.05) is 6.08 Å². The number of phenols is 1. The van der Waals surface area contributed by atoms with Crippen molar-refractivity contribution in [2.45, 2.75) is 71.6 Å². The first-order chi connectivity index (χ1) is 13.9. The third-order valence-corrected chi connectivity index (χ3v) is 5.32. The van der Waals surface area contributed by atoms with Gasteiger partial charge in [-0.25, -0.2) is 4.79 Å². The molecule has 1 N–H and O–H groups in total. The highest BCUT2D eigenvalue weighted by Gasteiger charge is 2.27. The van der Waals surface area contributed by atoms with E-state index in [-0.39, 0.29) is 22.7 Å². The van der Waals surface area contributed by atoms with Crippen molar-refractivity contribution in [3.8, 4) is 5.75 Å². The molecule has 0 amide bonds. The molecule has 1 unspecified atom stereocenters. The second-order valence-electron chi connectivity index (χ2n) is 10.1. The summed E-state index contributed by atoms with van der Waals surface area (Å²) in [5.74, 6) is 0.268. The van der Waals surface area contributed by atoms with Gasteiger partial charge in [-0.1, -0.05) is 90.9 Å². The maximum absolute atomic E-state index is 12.0. The molecule has 3 heteroatoms. The second-order valence-corrected chi connectivity index (χ2v) is 10.1. The van der Waals surface area contributed by atoms with Crippen LogP contribution in [0.5, 0.6) is 5.75 Å². The van der Waals surface area contributed by atoms with Crippen LogP contribution in [0.4, 0.5) is 0 Å². The van der Waals surface area contributed by atoms with Gasteiger partial charge >= 0.3 is 5.97 Å². The lowest BCUT2D eigenvalue weighted by Crippen LogP contribution is -2.18. The summed E-state index contributed by atoms with van der Waals surface area (Å²) in [7, 11) is 0. The summed E-state index contributed by atoms with van der Waals surface area (Å²) in [6.45, 7) is 15.2. The number of ether oxygens (including phenoxy) is 1. The molecular formula is C27H36O3. The van der Waals surface area contributed by atoms with Crippen LogP contribution in [0, 0.1) is 0 Å². The Hall–Kier alpha value is -2.55. The van der Waals surface area contributed by atoms with Gasteiger partial charge in [-0.3, -0.25) is 0 Å². The quantitative estimate of drug-likeness (QED) is 0.425. The number of hydrogen-bond acceptors (Lipinski definition) is 3. The first-order valence-corrected chi connectivity index (χ1v) is 10.7. The Morgan fingerprint density at radius 2 is 1.53 bits per heavy atom. The Labute approximate surface area is 181 Å². The summed E-state index contributed by atoms with van der Waals surface area (Å²) in [5, 5.41) is 10.9. The third kappa shape index (κ3) is 6.48. The summed E-state index contributed by atoms with van der Waals surface area (Å²) >= 11 is 0. The lowest BCUT2D eigenvalue weighted by Gasteiger charge is -2.29. The van der Waals surface area contributed by atoms with Crippen molar-refractivity contribution in [1.29, 1.82) is 0 Å². The molecule has 162 valence electrons. The molecule has 0 saturated heterocycles. The van der Waals surface area contributed by atoms with E-state index in [2.05, 4.69) is 60.6 Å². The fourth-order valence-corrected chi connectivity index (χ4v) is 3.36. The summed E-state index contributed by atoms with van der Waals surface area (Å²) in [4.78, 5) is 12.0. The maximum atomic E-state index is 12.0. The first-order valence-electron chi connectivity index (χ1n) is 10.7. The van der Waals surface area contributed by atoms with E-state index in [1.165, 1.54) is 11.6 Å². The van der Waals surface area contributed by atoms with E-state index in [9.17, 15) is 9.90 Å². The van der Waals surface area contributed by atoms with E-state index in [0.717, 1.165) is 23.1 Å². The zero-order valence-electron chi connectivity index (χ0n) is 19.5. The van der Waals surface area contributed by atoms with Crippen molar-refractivity contribution in [3.63, 3.8) is 0 Å². The van der Waals surface area contributed by atoms with Crippen LogP contribution in [0.15, 0.2) is 48.5 Å². The predicted molar refractivity (Wildman–Crippen MR) is 125 cm³/mol. The lowest BCUT2D eigenvalue weighted by atomic mass is 9.77. The van der Waals surface area contributed by atoms with Crippen LogP contribution in [0.25, 0.3) is 6.08 Å². The van der Waals surface area contributed by atoms with Crippen LogP contribution < -0.4 is 0 Å². The highest BCUT2D eigenvalue weighted by atomic mass is 16.5. The fourth-order valence-electron chi connectivity index (χ4n) is 3.36. The summed E-state index contributed by atoms with van der Waals surface area (Å²) in [5.41, 5.74) is 3.73. The van der Waals surface area contributed by atoms with Crippen LogP contribution in [0.1, 0.15) is 83.1 Å². The van der Waals surface area contributed by atoms with Gasteiger partial charge in [0.25, 0.3) is 0 Å². The SMILES string of the molecule is CC(CCOC(=O)/C=C/c1ccccc1)c1cc(C(C)(C)C)c(O)c(C(C)(C)C)c1. The fraction of sp³-hybridized carbons (Fsp3) is 0.444. The number of carbonyl (C=O) groups is 1. The van der Waals surface area contributed by atoms with Crippen molar-refractivity contribution >= 4 is 12.0 Å². The molecule has 1 atom stereocenters. The normalized spacial score (nSPS) is 13.4. The Balaban J connectivity index is 2.08. The molecular weight excluding hydrogens is 372 g/mol. The molecule has 0 saturated carbocycles. The number of hydrogen-bond donors (Lipinski definition) is 1. The van der Waals surface area contributed by atoms with Gasteiger partial charge in [0.1, 0.15) is 5.75 Å². The first kappa shape index (κ1) is 23.7. The summed E-state index contributed by atoms with van der Waals surface area (Å²) in [6, 6.07) is 13.9. The van der Waals surface area contributed by atoms with Crippen molar-refractivity contribution in [1.82, 2.24) is 0 Å². The molecule has 0 radical (unpaired) electrons. The van der Waals surface area contributed by atoms with Gasteiger partial charge in [-0.15, -0.1) is 0 Å². The van der Waals surface area contributed by atoms with E-state index >= 15 is 0 Å². The van der Waals surface area contributed by atoms with E-state index in [1.54, 1.807) is 6.08 Å². The molecule has 0 aromatic heterocycles. The Morgan fingerprint density at radius 3 is 2.03 bits per heavy atom. The van der Waals surface area contributed by atoms with Gasteiger partial charge < -0.3 is 9.84 Å². The number of aromatic hydroxyl groups is 1. The molecule has 0 aliphatic heterocycles. The second kappa shape index (κ2) is 9.51. The Bertz CT molecular complexity index is 846. The Morgan fingerprint density at radius 1 is 1.00 bits per heavy atom. The molecule has 30 heavy (non-hydrogen) atoms. The van der Waals surface area contributed by atoms with Crippen molar-refractivity contribution in [2.24, 2.45) is 0 Å². The van der Waals surface area contributed by atoms with Gasteiger partial charge in [-0.2, -0.15) is 0 Å². The third-order valence-electron chi connectivity index (χ3n) is 5.32. The van der Waals surface area contributed by atoms with Gasteiger partial charge in [-0.05, 0) is 51.5 Å². The predicted octanol–water partition coefficient (Wildman–Crippen LogP) is 6.74. The molecule has 0 aliphatic carbocycles. The minimum Gasteiger partial charge on any atom is -0.507 e. The average molecular weight is 409 g/mol. The molecule has 0 spiro atoms. The van der Waals surface area contributed by atoms with Crippen LogP contribution in [-0.2, 0) is 20.4 Å². The number of phenolic OH excluding ortho intramolecular Hbond substituents is 1. The number of esters is 1. The highest BCUT2D eigenvalue weighted by Crippen LogP contribution is 2.41. The molecule has 0 heterocycles. The van der Waals surface area contributed by atoms with Crippen molar-refractivity contribution in [3.05, 3.63) is 70.8 Å². The topological polar surface area (TPSA) is 46.5 Å². The maximum Gasteiger partial charge on any atom is 0.330 e. The zero-order chi connectivity index (χ0) is 22.5. The van der Waals surface area contributed by atoms with Gasteiger partial charge in [0.15, 0.2) is 0 Å². The molecule has 3 nitrogen and oxygen atoms in total. The number of rotatable bonds is 6. The van der Waals surface area contributed by atoms with Gasteiger partial charge in [0.05, 0.1) is 6.61 Å². The van der Waals surface area contributed by atoms with E-state index < -0.39 is 0 Å². The van der Waals surface area contributed by atoms with Crippen LogP contribution >= 0.6 is 0 Å². The highest BCUT2D eigenvalue weighted by molar-refractivity contribution is 5.87. The molecule has 2 aromatic carbocycles.